The number of hydrogen-bond donors (Lipinski definition) is 1. The topological polar surface area (TPSA) is 39.1 Å². The largest absolute Gasteiger partial charge is 0.383 e. The first kappa shape index (κ1) is 14.3. The van der Waals surface area contributed by atoms with Crippen molar-refractivity contribution in [3.8, 4) is 0 Å². The fraction of sp³-hybridized carbons (Fsp3) is 0.500. The molecular weight excluding hydrogens is 262 g/mol. The summed E-state index contributed by atoms with van der Waals surface area (Å²) in [5.41, 5.74) is 2.24. The number of alkyl halides is 1. The highest BCUT2D eigenvalue weighted by Gasteiger charge is 2.11. The Kier molecular flexibility index (Phi) is 5.19. The second-order valence-corrected chi connectivity index (χ2v) is 4.78. The van der Waals surface area contributed by atoms with Crippen molar-refractivity contribution in [2.75, 3.05) is 19.6 Å². The monoisotopic (exact) mass is 281 g/mol. The third-order valence-electron chi connectivity index (χ3n) is 3.15. The SMILES string of the molecule is CCn1nc(CNC(CCl)COC)c2ccccc21. The van der Waals surface area contributed by atoms with Gasteiger partial charge in [0.2, 0.25) is 0 Å². The van der Waals surface area contributed by atoms with Crippen molar-refractivity contribution < 1.29 is 4.74 Å². The highest BCUT2D eigenvalue weighted by atomic mass is 35.5. The summed E-state index contributed by atoms with van der Waals surface area (Å²) in [4.78, 5) is 0. The van der Waals surface area contributed by atoms with Crippen molar-refractivity contribution in [2.45, 2.75) is 26.1 Å². The first-order valence-electron chi connectivity index (χ1n) is 6.52. The lowest BCUT2D eigenvalue weighted by Crippen LogP contribution is -2.34. The van der Waals surface area contributed by atoms with Crippen molar-refractivity contribution in [3.63, 3.8) is 0 Å². The van der Waals surface area contributed by atoms with Crippen molar-refractivity contribution >= 4 is 22.5 Å². The van der Waals surface area contributed by atoms with Crippen LogP contribution in [-0.2, 0) is 17.8 Å². The Hall–Kier alpha value is -1.10. The molecule has 0 bridgehead atoms. The maximum atomic E-state index is 5.90. The molecule has 0 fully saturated rings. The number of fused-ring (bicyclic) bond motifs is 1. The lowest BCUT2D eigenvalue weighted by Gasteiger charge is -2.13. The maximum Gasteiger partial charge on any atom is 0.0841 e. The van der Waals surface area contributed by atoms with E-state index in [4.69, 9.17) is 16.3 Å². The lowest BCUT2D eigenvalue weighted by atomic mass is 10.2. The van der Waals surface area contributed by atoms with Gasteiger partial charge >= 0.3 is 0 Å². The minimum Gasteiger partial charge on any atom is -0.383 e. The van der Waals surface area contributed by atoms with Gasteiger partial charge in [-0.15, -0.1) is 11.6 Å². The van der Waals surface area contributed by atoms with Gasteiger partial charge in [0, 0.05) is 37.5 Å². The second kappa shape index (κ2) is 6.89. The van der Waals surface area contributed by atoms with E-state index in [0.717, 1.165) is 12.2 Å². The van der Waals surface area contributed by atoms with E-state index in [-0.39, 0.29) is 6.04 Å². The predicted octanol–water partition coefficient (Wildman–Crippen LogP) is 2.40. The van der Waals surface area contributed by atoms with Gasteiger partial charge in [-0.05, 0) is 13.0 Å². The second-order valence-electron chi connectivity index (χ2n) is 4.47. The molecule has 0 spiro atoms. The molecule has 1 atom stereocenters. The molecule has 1 aromatic carbocycles. The van der Waals surface area contributed by atoms with E-state index in [0.29, 0.717) is 19.0 Å². The Morgan fingerprint density at radius 1 is 1.42 bits per heavy atom. The number of halogens is 1. The average Bonchev–Trinajstić information content (AvgIpc) is 2.82. The summed E-state index contributed by atoms with van der Waals surface area (Å²) >= 11 is 5.90. The van der Waals surface area contributed by atoms with Crippen LogP contribution in [0.2, 0.25) is 0 Å². The van der Waals surface area contributed by atoms with Crippen molar-refractivity contribution in [3.05, 3.63) is 30.0 Å². The van der Waals surface area contributed by atoms with E-state index < -0.39 is 0 Å². The minimum absolute atomic E-state index is 0.150. The number of rotatable bonds is 7. The van der Waals surface area contributed by atoms with Crippen LogP contribution < -0.4 is 5.32 Å². The molecule has 104 valence electrons. The van der Waals surface area contributed by atoms with E-state index in [1.807, 2.05) is 16.8 Å². The molecule has 0 amide bonds. The fourth-order valence-electron chi connectivity index (χ4n) is 2.17. The van der Waals surface area contributed by atoms with Gasteiger partial charge in [-0.1, -0.05) is 18.2 Å². The number of aryl methyl sites for hydroxylation is 1. The molecule has 0 saturated heterocycles. The molecule has 0 saturated carbocycles. The number of nitrogens with one attached hydrogen (secondary N) is 1. The minimum atomic E-state index is 0.150. The molecule has 19 heavy (non-hydrogen) atoms. The molecule has 4 nitrogen and oxygen atoms in total. The van der Waals surface area contributed by atoms with Crippen molar-refractivity contribution in [1.29, 1.82) is 0 Å². The van der Waals surface area contributed by atoms with Gasteiger partial charge in [-0.3, -0.25) is 4.68 Å². The molecule has 1 N–H and O–H groups in total. The van der Waals surface area contributed by atoms with E-state index in [2.05, 4.69) is 29.5 Å². The molecule has 1 heterocycles. The molecule has 1 aromatic heterocycles. The first-order chi connectivity index (χ1) is 9.30. The first-order valence-corrected chi connectivity index (χ1v) is 7.06. The summed E-state index contributed by atoms with van der Waals surface area (Å²) in [6.07, 6.45) is 0. The van der Waals surface area contributed by atoms with Crippen LogP contribution >= 0.6 is 11.6 Å². The van der Waals surface area contributed by atoms with Crippen LogP contribution in [0.25, 0.3) is 10.9 Å². The summed E-state index contributed by atoms with van der Waals surface area (Å²) in [5.74, 6) is 0.528. The number of aromatic nitrogens is 2. The molecule has 0 aliphatic heterocycles. The molecule has 2 aromatic rings. The van der Waals surface area contributed by atoms with Crippen LogP contribution in [0.4, 0.5) is 0 Å². The molecule has 0 aliphatic rings. The molecular formula is C14H20ClN3O. The van der Waals surface area contributed by atoms with Crippen LogP contribution in [0.3, 0.4) is 0 Å². The Morgan fingerprint density at radius 3 is 2.89 bits per heavy atom. The molecule has 0 aliphatic carbocycles. The van der Waals surface area contributed by atoms with Gasteiger partial charge in [0.15, 0.2) is 0 Å². The quantitative estimate of drug-likeness (QED) is 0.792. The predicted molar refractivity (Wildman–Crippen MR) is 78.6 cm³/mol. The number of hydrogen-bond acceptors (Lipinski definition) is 3. The van der Waals surface area contributed by atoms with E-state index in [9.17, 15) is 0 Å². The van der Waals surface area contributed by atoms with Crippen LogP contribution in [0.1, 0.15) is 12.6 Å². The Labute approximate surface area is 118 Å². The third-order valence-corrected chi connectivity index (χ3v) is 3.52. The highest BCUT2D eigenvalue weighted by molar-refractivity contribution is 6.18. The Morgan fingerprint density at radius 2 is 2.21 bits per heavy atom. The van der Waals surface area contributed by atoms with Crippen LogP contribution in [0, 0.1) is 0 Å². The summed E-state index contributed by atoms with van der Waals surface area (Å²) in [5, 5.41) is 9.22. The molecule has 0 radical (unpaired) electrons. The number of benzene rings is 1. The lowest BCUT2D eigenvalue weighted by molar-refractivity contribution is 0.172. The average molecular weight is 282 g/mol. The normalized spacial score (nSPS) is 13.0. The van der Waals surface area contributed by atoms with Crippen LogP contribution in [0.5, 0.6) is 0 Å². The van der Waals surface area contributed by atoms with Gasteiger partial charge in [-0.2, -0.15) is 5.10 Å². The summed E-state index contributed by atoms with van der Waals surface area (Å²) in [6, 6.07) is 8.44. The highest BCUT2D eigenvalue weighted by Crippen LogP contribution is 2.18. The summed E-state index contributed by atoms with van der Waals surface area (Å²) in [7, 11) is 1.68. The van der Waals surface area contributed by atoms with Crippen molar-refractivity contribution in [2.24, 2.45) is 0 Å². The van der Waals surface area contributed by atoms with Gasteiger partial charge in [0.05, 0.1) is 17.8 Å². The standard InChI is InChI=1S/C14H20ClN3O/c1-3-18-14-7-5-4-6-12(14)13(17-18)9-16-11(8-15)10-19-2/h4-7,11,16H,3,8-10H2,1-2H3. The van der Waals surface area contributed by atoms with E-state index in [1.54, 1.807) is 7.11 Å². The Bertz CT molecular complexity index is 526. The van der Waals surface area contributed by atoms with Gasteiger partial charge < -0.3 is 10.1 Å². The fourth-order valence-corrected chi connectivity index (χ4v) is 2.37. The Balaban J connectivity index is 2.16. The summed E-state index contributed by atoms with van der Waals surface area (Å²) < 4.78 is 7.15. The number of nitrogens with zero attached hydrogens (tertiary/aromatic N) is 2. The molecule has 1 unspecified atom stereocenters. The molecule has 2 rings (SSSR count). The zero-order chi connectivity index (χ0) is 13.7. The number of methoxy groups -OCH3 is 1. The van der Waals surface area contributed by atoms with E-state index in [1.165, 1.54) is 10.9 Å². The maximum absolute atomic E-state index is 5.90. The van der Waals surface area contributed by atoms with Gasteiger partial charge in [0.1, 0.15) is 0 Å². The zero-order valence-corrected chi connectivity index (χ0v) is 12.2. The zero-order valence-electron chi connectivity index (χ0n) is 11.4. The van der Waals surface area contributed by atoms with Crippen molar-refractivity contribution in [1.82, 2.24) is 15.1 Å². The number of para-hydroxylation sites is 1. The van der Waals surface area contributed by atoms with E-state index >= 15 is 0 Å². The summed E-state index contributed by atoms with van der Waals surface area (Å²) in [6.45, 7) is 4.28. The number of ether oxygens (including phenoxy) is 1. The van der Waals surface area contributed by atoms with Crippen LogP contribution in [0.15, 0.2) is 24.3 Å². The molecule has 5 heteroatoms. The third kappa shape index (κ3) is 3.26. The van der Waals surface area contributed by atoms with Crippen LogP contribution in [-0.4, -0.2) is 35.4 Å². The van der Waals surface area contributed by atoms with Gasteiger partial charge in [-0.25, -0.2) is 0 Å². The van der Waals surface area contributed by atoms with Gasteiger partial charge in [0.25, 0.3) is 0 Å². The smallest absolute Gasteiger partial charge is 0.0841 e.